The molecule has 2 aliphatic rings. The highest BCUT2D eigenvalue weighted by Gasteiger charge is 2.34. The van der Waals surface area contributed by atoms with E-state index in [4.69, 9.17) is 0 Å². The van der Waals surface area contributed by atoms with Gasteiger partial charge in [0.2, 0.25) is 11.8 Å². The predicted molar refractivity (Wildman–Crippen MR) is 69.2 cm³/mol. The molecule has 0 saturated carbocycles. The second-order valence-electron chi connectivity index (χ2n) is 5.25. The quantitative estimate of drug-likeness (QED) is 0.678. The summed E-state index contributed by atoms with van der Waals surface area (Å²) >= 11 is 0. The van der Waals surface area contributed by atoms with Gasteiger partial charge in [-0.2, -0.15) is 0 Å². The van der Waals surface area contributed by atoms with Crippen molar-refractivity contribution in [2.45, 2.75) is 50.6 Å². The molecule has 2 atom stereocenters. The van der Waals surface area contributed by atoms with Crippen LogP contribution in [-0.4, -0.2) is 48.3 Å². The summed E-state index contributed by atoms with van der Waals surface area (Å²) in [5.41, 5.74) is 0. The highest BCUT2D eigenvalue weighted by Crippen LogP contribution is 2.13. The van der Waals surface area contributed by atoms with Crippen molar-refractivity contribution in [2.75, 3.05) is 13.6 Å². The smallest absolute Gasteiger partial charge is 0.251 e. The molecule has 2 saturated heterocycles. The molecule has 0 aromatic rings. The van der Waals surface area contributed by atoms with E-state index in [-0.39, 0.29) is 23.8 Å². The summed E-state index contributed by atoms with van der Waals surface area (Å²) in [6.07, 6.45) is 4.77. The van der Waals surface area contributed by atoms with Crippen molar-refractivity contribution in [3.05, 3.63) is 0 Å². The number of hydrogen-bond acceptors (Lipinski definition) is 4. The molecule has 2 fully saturated rings. The Morgan fingerprint density at radius 2 is 2.05 bits per heavy atom. The number of hydrogen-bond donors (Lipinski definition) is 2. The number of nitrogens with one attached hydrogen (secondary N) is 2. The van der Waals surface area contributed by atoms with Crippen molar-refractivity contribution in [1.29, 1.82) is 0 Å². The Hall–Kier alpha value is -1.43. The largest absolute Gasteiger partial charge is 0.343 e. The molecule has 106 valence electrons. The minimum Gasteiger partial charge on any atom is -0.343 e. The van der Waals surface area contributed by atoms with Gasteiger partial charge in [0.1, 0.15) is 6.04 Å². The monoisotopic (exact) mass is 267 g/mol. The molecule has 19 heavy (non-hydrogen) atoms. The molecule has 6 heteroatoms. The van der Waals surface area contributed by atoms with E-state index in [1.165, 1.54) is 7.05 Å². The van der Waals surface area contributed by atoms with E-state index in [2.05, 4.69) is 10.6 Å². The first-order valence-electron chi connectivity index (χ1n) is 6.94. The van der Waals surface area contributed by atoms with E-state index in [1.807, 2.05) is 0 Å². The van der Waals surface area contributed by atoms with Gasteiger partial charge in [-0.3, -0.25) is 19.3 Å². The Labute approximate surface area is 112 Å². The first kappa shape index (κ1) is 14.0. The molecule has 2 rings (SSSR count). The van der Waals surface area contributed by atoms with Gasteiger partial charge in [0.15, 0.2) is 0 Å². The van der Waals surface area contributed by atoms with Crippen LogP contribution in [0, 0.1) is 0 Å². The summed E-state index contributed by atoms with van der Waals surface area (Å²) in [4.78, 5) is 36.5. The van der Waals surface area contributed by atoms with Crippen molar-refractivity contribution in [3.63, 3.8) is 0 Å². The lowest BCUT2D eigenvalue weighted by atomic mass is 10.0. The number of piperidine rings is 1. The second-order valence-corrected chi connectivity index (χ2v) is 5.25. The molecule has 2 heterocycles. The van der Waals surface area contributed by atoms with Crippen LogP contribution in [-0.2, 0) is 14.4 Å². The number of amides is 3. The maximum Gasteiger partial charge on any atom is 0.251 e. The Balaban J connectivity index is 1.91. The fourth-order valence-electron chi connectivity index (χ4n) is 2.57. The first-order chi connectivity index (χ1) is 9.09. The van der Waals surface area contributed by atoms with Gasteiger partial charge in [-0.25, -0.2) is 0 Å². The lowest BCUT2D eigenvalue weighted by Crippen LogP contribution is -2.56. The lowest BCUT2D eigenvalue weighted by molar-refractivity contribution is -0.149. The Kier molecular flexibility index (Phi) is 4.52. The fraction of sp³-hybridized carbons (Fsp3) is 0.769. The number of likely N-dealkylation sites (tertiary alicyclic amines) is 1. The highest BCUT2D eigenvalue weighted by atomic mass is 16.2. The van der Waals surface area contributed by atoms with E-state index in [9.17, 15) is 14.4 Å². The van der Waals surface area contributed by atoms with E-state index >= 15 is 0 Å². The van der Waals surface area contributed by atoms with Crippen LogP contribution < -0.4 is 10.6 Å². The summed E-state index contributed by atoms with van der Waals surface area (Å²) in [6.45, 7) is 0.842. The molecule has 0 spiro atoms. The van der Waals surface area contributed by atoms with E-state index < -0.39 is 6.04 Å². The number of nitrogens with zero attached hydrogens (tertiary/aromatic N) is 1. The third kappa shape index (κ3) is 3.32. The zero-order chi connectivity index (χ0) is 13.8. The van der Waals surface area contributed by atoms with Crippen LogP contribution in [0.3, 0.4) is 0 Å². The summed E-state index contributed by atoms with van der Waals surface area (Å²) in [5, 5.41) is 5.97. The zero-order valence-electron chi connectivity index (χ0n) is 11.3. The van der Waals surface area contributed by atoms with Crippen LogP contribution in [0.15, 0.2) is 0 Å². The lowest BCUT2D eigenvalue weighted by Gasteiger charge is -2.29. The molecule has 0 aliphatic carbocycles. The Bertz CT molecular complexity index is 375. The molecular formula is C13H21N3O3. The number of carbonyl (C=O) groups is 3. The number of carbonyl (C=O) groups excluding carboxylic acids is 3. The van der Waals surface area contributed by atoms with Gasteiger partial charge < -0.3 is 10.6 Å². The number of likely N-dealkylation sites (N-methyl/N-ethyl adjacent to an activating group) is 1. The van der Waals surface area contributed by atoms with Crippen molar-refractivity contribution in [3.8, 4) is 0 Å². The van der Waals surface area contributed by atoms with Crippen LogP contribution in [0.1, 0.15) is 38.5 Å². The van der Waals surface area contributed by atoms with Crippen molar-refractivity contribution < 1.29 is 14.4 Å². The molecule has 3 amide bonds. The van der Waals surface area contributed by atoms with Crippen molar-refractivity contribution in [2.24, 2.45) is 0 Å². The number of imide groups is 1. The Morgan fingerprint density at radius 1 is 1.26 bits per heavy atom. The average molecular weight is 267 g/mol. The van der Waals surface area contributed by atoms with Crippen LogP contribution in [0.4, 0.5) is 0 Å². The molecule has 2 aliphatic heterocycles. The van der Waals surface area contributed by atoms with Gasteiger partial charge >= 0.3 is 0 Å². The van der Waals surface area contributed by atoms with E-state index in [0.717, 1.165) is 37.1 Å². The minimum absolute atomic E-state index is 0.122. The molecule has 2 unspecified atom stereocenters. The van der Waals surface area contributed by atoms with Crippen LogP contribution in [0.25, 0.3) is 0 Å². The second kappa shape index (κ2) is 6.14. The number of rotatable bonds is 2. The SMILES string of the molecule is CN1C(=O)CCC(NC(=O)C2CCCCCN2)C1=O. The maximum atomic E-state index is 12.1. The van der Waals surface area contributed by atoms with Gasteiger partial charge in [-0.05, 0) is 25.8 Å². The van der Waals surface area contributed by atoms with Gasteiger partial charge in [0.05, 0.1) is 6.04 Å². The molecule has 0 radical (unpaired) electrons. The van der Waals surface area contributed by atoms with Gasteiger partial charge in [-0.15, -0.1) is 0 Å². The highest BCUT2D eigenvalue weighted by molar-refractivity contribution is 6.01. The fourth-order valence-corrected chi connectivity index (χ4v) is 2.57. The molecule has 0 aromatic carbocycles. The van der Waals surface area contributed by atoms with Crippen LogP contribution in [0.2, 0.25) is 0 Å². The van der Waals surface area contributed by atoms with E-state index in [1.54, 1.807) is 0 Å². The summed E-state index contributed by atoms with van der Waals surface area (Å²) < 4.78 is 0. The third-order valence-electron chi connectivity index (χ3n) is 3.84. The normalized spacial score (nSPS) is 29.0. The summed E-state index contributed by atoms with van der Waals surface area (Å²) in [7, 11) is 1.47. The summed E-state index contributed by atoms with van der Waals surface area (Å²) in [6, 6.07) is -0.765. The third-order valence-corrected chi connectivity index (χ3v) is 3.84. The minimum atomic E-state index is -0.555. The summed E-state index contributed by atoms with van der Waals surface area (Å²) in [5.74, 6) is -0.607. The van der Waals surface area contributed by atoms with Gasteiger partial charge in [-0.1, -0.05) is 12.8 Å². The Morgan fingerprint density at radius 3 is 2.84 bits per heavy atom. The standard InChI is InChI=1S/C13H21N3O3/c1-16-11(17)7-6-10(13(16)19)15-12(18)9-5-3-2-4-8-14-9/h9-10,14H,2-8H2,1H3,(H,15,18). The molecule has 0 aromatic heterocycles. The van der Waals surface area contributed by atoms with Gasteiger partial charge in [0.25, 0.3) is 5.91 Å². The predicted octanol–water partition coefficient (Wildman–Crippen LogP) is -0.218. The van der Waals surface area contributed by atoms with Crippen LogP contribution in [0.5, 0.6) is 0 Å². The molecule has 2 N–H and O–H groups in total. The molecular weight excluding hydrogens is 246 g/mol. The maximum absolute atomic E-state index is 12.1. The zero-order valence-corrected chi connectivity index (χ0v) is 11.3. The van der Waals surface area contributed by atoms with E-state index in [0.29, 0.717) is 12.8 Å². The average Bonchev–Trinajstić information content (AvgIpc) is 2.68. The van der Waals surface area contributed by atoms with Crippen molar-refractivity contribution >= 4 is 17.7 Å². The molecule has 0 bridgehead atoms. The van der Waals surface area contributed by atoms with Crippen molar-refractivity contribution in [1.82, 2.24) is 15.5 Å². The van der Waals surface area contributed by atoms with Gasteiger partial charge in [0, 0.05) is 13.5 Å². The first-order valence-corrected chi connectivity index (χ1v) is 6.94. The van der Waals surface area contributed by atoms with Crippen LogP contribution >= 0.6 is 0 Å². The molecule has 6 nitrogen and oxygen atoms in total. The topological polar surface area (TPSA) is 78.5 Å².